The number of aryl methyl sites for hydroxylation is 1. The van der Waals surface area contributed by atoms with Crippen molar-refractivity contribution in [3.63, 3.8) is 0 Å². The van der Waals surface area contributed by atoms with Crippen LogP contribution in [-0.2, 0) is 7.05 Å². The van der Waals surface area contributed by atoms with Gasteiger partial charge in [0.25, 0.3) is 5.91 Å². The third kappa shape index (κ3) is 3.07. The molecule has 1 amide bonds. The molecule has 2 aromatic heterocycles. The van der Waals surface area contributed by atoms with Crippen LogP contribution in [0.5, 0.6) is 0 Å². The zero-order valence-corrected chi connectivity index (χ0v) is 12.7. The van der Waals surface area contributed by atoms with Crippen molar-refractivity contribution in [2.24, 2.45) is 7.05 Å². The van der Waals surface area contributed by atoms with Gasteiger partial charge in [0, 0.05) is 38.1 Å². The highest BCUT2D eigenvalue weighted by Gasteiger charge is 2.28. The number of amides is 1. The first-order valence-corrected chi connectivity index (χ1v) is 7.11. The number of carbonyl (C=O) groups excluding carboxylic acids is 1. The summed E-state index contributed by atoms with van der Waals surface area (Å²) in [5, 5.41) is 17.5. The van der Waals surface area contributed by atoms with Crippen LogP contribution in [0.25, 0.3) is 0 Å². The Morgan fingerprint density at radius 3 is 2.90 bits per heavy atom. The van der Waals surface area contributed by atoms with E-state index >= 15 is 0 Å². The molecule has 0 aliphatic heterocycles. The second kappa shape index (κ2) is 6.00. The summed E-state index contributed by atoms with van der Waals surface area (Å²) in [6.45, 7) is 2.38. The molecule has 0 aliphatic rings. The van der Waals surface area contributed by atoms with Crippen LogP contribution in [-0.4, -0.2) is 44.1 Å². The highest BCUT2D eigenvalue weighted by Crippen LogP contribution is 2.22. The third-order valence-electron chi connectivity index (χ3n) is 3.09. The van der Waals surface area contributed by atoms with Gasteiger partial charge < -0.3 is 4.90 Å². The Bertz CT molecular complexity index is 652. The number of rotatable bonds is 5. The Labute approximate surface area is 125 Å². The van der Waals surface area contributed by atoms with Crippen LogP contribution >= 0.6 is 11.3 Å². The first-order valence-electron chi connectivity index (χ1n) is 6.23. The van der Waals surface area contributed by atoms with Gasteiger partial charge in [0.05, 0.1) is 9.93 Å². The second-order valence-corrected chi connectivity index (χ2v) is 5.64. The van der Waals surface area contributed by atoms with E-state index < -0.39 is 10.8 Å². The van der Waals surface area contributed by atoms with Gasteiger partial charge in [-0.15, -0.1) is 11.3 Å². The van der Waals surface area contributed by atoms with Crippen molar-refractivity contribution in [3.05, 3.63) is 38.6 Å². The molecular weight excluding hydrogens is 294 g/mol. The Kier molecular flexibility index (Phi) is 4.32. The number of hydrogen-bond donors (Lipinski definition) is 0. The van der Waals surface area contributed by atoms with Crippen molar-refractivity contribution in [1.29, 1.82) is 0 Å². The summed E-state index contributed by atoms with van der Waals surface area (Å²) >= 11 is 1.52. The summed E-state index contributed by atoms with van der Waals surface area (Å²) in [5.74, 6) is -0.365. The Hall–Kier alpha value is -2.29. The lowest BCUT2D eigenvalue weighted by Gasteiger charge is -2.20. The lowest BCUT2D eigenvalue weighted by atomic mass is 10.2. The fourth-order valence-electron chi connectivity index (χ4n) is 2.04. The zero-order valence-electron chi connectivity index (χ0n) is 11.9. The molecule has 0 aromatic carbocycles. The molecular formula is C12H15N5O3S. The lowest BCUT2D eigenvalue weighted by Crippen LogP contribution is -2.32. The number of thiazole rings is 1. The van der Waals surface area contributed by atoms with Crippen LogP contribution in [0.3, 0.4) is 0 Å². The summed E-state index contributed by atoms with van der Waals surface area (Å²) in [4.78, 5) is 28.4. The second-order valence-electron chi connectivity index (χ2n) is 4.72. The van der Waals surface area contributed by atoms with Gasteiger partial charge in [-0.05, 0) is 0 Å². The van der Waals surface area contributed by atoms with E-state index in [0.717, 1.165) is 11.2 Å². The maximum atomic E-state index is 12.4. The van der Waals surface area contributed by atoms with E-state index in [9.17, 15) is 14.9 Å². The third-order valence-corrected chi connectivity index (χ3v) is 4.09. The molecule has 2 rings (SSSR count). The quantitative estimate of drug-likeness (QED) is 0.618. The highest BCUT2D eigenvalue weighted by atomic mass is 32.1. The van der Waals surface area contributed by atoms with Crippen molar-refractivity contribution in [3.8, 4) is 0 Å². The summed E-state index contributed by atoms with van der Waals surface area (Å²) < 4.78 is 1.23. The molecule has 8 nitrogen and oxygen atoms in total. The van der Waals surface area contributed by atoms with Crippen molar-refractivity contribution >= 4 is 22.9 Å². The van der Waals surface area contributed by atoms with Crippen molar-refractivity contribution in [2.45, 2.75) is 12.8 Å². The molecule has 21 heavy (non-hydrogen) atoms. The predicted molar refractivity (Wildman–Crippen MR) is 77.4 cm³/mol. The van der Waals surface area contributed by atoms with Gasteiger partial charge in [0.1, 0.15) is 6.20 Å². The fraction of sp³-hybridized carbons (Fsp3) is 0.417. The monoisotopic (exact) mass is 309 g/mol. The van der Waals surface area contributed by atoms with Gasteiger partial charge in [0.15, 0.2) is 0 Å². The smallest absolute Gasteiger partial charge is 0.320 e. The van der Waals surface area contributed by atoms with Crippen molar-refractivity contribution < 1.29 is 9.72 Å². The Morgan fingerprint density at radius 1 is 1.62 bits per heavy atom. The van der Waals surface area contributed by atoms with E-state index in [0.29, 0.717) is 6.54 Å². The largest absolute Gasteiger partial charge is 0.339 e. The van der Waals surface area contributed by atoms with Crippen molar-refractivity contribution in [1.82, 2.24) is 19.7 Å². The van der Waals surface area contributed by atoms with Gasteiger partial charge >= 0.3 is 5.69 Å². The maximum Gasteiger partial charge on any atom is 0.320 e. The van der Waals surface area contributed by atoms with E-state index in [2.05, 4.69) is 10.1 Å². The van der Waals surface area contributed by atoms with Crippen LogP contribution in [0.4, 0.5) is 5.69 Å². The molecule has 0 aliphatic carbocycles. The number of hydrogen-bond acceptors (Lipinski definition) is 6. The van der Waals surface area contributed by atoms with E-state index in [1.807, 2.05) is 12.3 Å². The van der Waals surface area contributed by atoms with Gasteiger partial charge in [-0.3, -0.25) is 19.6 Å². The summed E-state index contributed by atoms with van der Waals surface area (Å²) in [7, 11) is 3.13. The Morgan fingerprint density at radius 2 is 2.33 bits per heavy atom. The molecule has 0 saturated carbocycles. The van der Waals surface area contributed by atoms with Crippen LogP contribution in [0.15, 0.2) is 17.8 Å². The van der Waals surface area contributed by atoms with Gasteiger partial charge in [-0.25, -0.2) is 4.98 Å². The van der Waals surface area contributed by atoms with Crippen LogP contribution in [0, 0.1) is 10.1 Å². The number of nitro groups is 1. The minimum atomic E-state index is -0.599. The average Bonchev–Trinajstić information content (AvgIpc) is 3.06. The SMILES string of the molecule is CC(CN(C)C(=O)c1c([N+](=O)[O-])cnn1C)c1nccs1. The van der Waals surface area contributed by atoms with Gasteiger partial charge in [-0.1, -0.05) is 6.92 Å². The first kappa shape index (κ1) is 15.1. The van der Waals surface area contributed by atoms with E-state index in [-0.39, 0.29) is 17.3 Å². The maximum absolute atomic E-state index is 12.4. The van der Waals surface area contributed by atoms with Gasteiger partial charge in [-0.2, -0.15) is 5.10 Å². The number of carbonyl (C=O) groups is 1. The zero-order chi connectivity index (χ0) is 15.6. The normalized spacial score (nSPS) is 12.1. The summed E-state index contributed by atoms with van der Waals surface area (Å²) in [5.41, 5.74) is -0.301. The molecule has 0 fully saturated rings. The molecule has 2 aromatic rings. The lowest BCUT2D eigenvalue weighted by molar-refractivity contribution is -0.385. The highest BCUT2D eigenvalue weighted by molar-refractivity contribution is 7.09. The summed E-state index contributed by atoms with van der Waals surface area (Å²) in [6, 6.07) is 0. The van der Waals surface area contributed by atoms with Crippen LogP contribution < -0.4 is 0 Å². The van der Waals surface area contributed by atoms with Crippen LogP contribution in [0.2, 0.25) is 0 Å². The summed E-state index contributed by atoms with van der Waals surface area (Å²) in [6.07, 6.45) is 2.80. The predicted octanol–water partition coefficient (Wildman–Crippen LogP) is 1.66. The molecule has 0 bridgehead atoms. The Balaban J connectivity index is 2.16. The minimum Gasteiger partial charge on any atom is -0.339 e. The molecule has 2 heterocycles. The molecule has 0 N–H and O–H groups in total. The molecule has 1 unspecified atom stereocenters. The van der Waals surface area contributed by atoms with Crippen LogP contribution in [0.1, 0.15) is 28.3 Å². The first-order chi connectivity index (χ1) is 9.91. The standard InChI is InChI=1S/C12H15N5O3S/c1-8(11-13-4-5-21-11)7-15(2)12(18)10-9(17(19)20)6-14-16(10)3/h4-6,8H,7H2,1-3H3. The molecule has 1 atom stereocenters. The average molecular weight is 309 g/mol. The molecule has 9 heteroatoms. The minimum absolute atomic E-state index is 0.0196. The van der Waals surface area contributed by atoms with E-state index in [1.54, 1.807) is 13.2 Å². The van der Waals surface area contributed by atoms with E-state index in [1.165, 1.54) is 28.0 Å². The molecule has 112 valence electrons. The van der Waals surface area contributed by atoms with E-state index in [4.69, 9.17) is 0 Å². The number of aromatic nitrogens is 3. The molecule has 0 radical (unpaired) electrons. The van der Waals surface area contributed by atoms with Crippen molar-refractivity contribution in [2.75, 3.05) is 13.6 Å². The fourth-order valence-corrected chi connectivity index (χ4v) is 2.73. The number of nitrogens with zero attached hydrogens (tertiary/aromatic N) is 5. The molecule has 0 spiro atoms. The molecule has 0 saturated heterocycles. The topological polar surface area (TPSA) is 94.2 Å². The van der Waals surface area contributed by atoms with Gasteiger partial charge in [0.2, 0.25) is 5.69 Å². The number of likely N-dealkylation sites (N-methyl/N-ethyl adjacent to an activating group) is 1.